The number of aromatic nitrogens is 2. The van der Waals surface area contributed by atoms with Crippen molar-refractivity contribution in [1.82, 2.24) is 13.9 Å². The van der Waals surface area contributed by atoms with E-state index >= 15 is 0 Å². The number of thiophene rings is 1. The van der Waals surface area contributed by atoms with Gasteiger partial charge in [0.2, 0.25) is 10.0 Å². The lowest BCUT2D eigenvalue weighted by Gasteiger charge is -2.39. The second-order valence-corrected chi connectivity index (χ2v) is 20.5. The molecule has 1 aromatic carbocycles. The van der Waals surface area contributed by atoms with E-state index in [1.165, 1.54) is 39.5 Å². The molecule has 4 aromatic rings. The van der Waals surface area contributed by atoms with E-state index in [0.717, 1.165) is 63.4 Å². The van der Waals surface area contributed by atoms with Gasteiger partial charge in [0.25, 0.3) is 0 Å². The normalized spacial score (nSPS) is 20.0. The number of pyridine rings is 1. The SMILES string of the molecule is COC(=O)c1ccc(N2CCN(CC3=C(c4cc(NC(=O)OC(C)(C)C)cs4)CC(C)(C)CC3)CC2)cc1Oc1cnc2c(ccn2S(=O)(=O)C2(C)C=CC=CC2)c1. The minimum atomic E-state index is -3.81. The summed E-state index contributed by atoms with van der Waals surface area (Å²) in [7, 11) is -2.48. The molecule has 0 radical (unpaired) electrons. The Morgan fingerprint density at radius 3 is 2.50 bits per heavy atom. The topological polar surface area (TPSA) is 132 Å². The average molecular weight is 828 g/mol. The Bertz CT molecular complexity index is 2410. The van der Waals surface area contributed by atoms with Gasteiger partial charge in [-0.1, -0.05) is 43.7 Å². The summed E-state index contributed by atoms with van der Waals surface area (Å²) in [4.78, 5) is 35.8. The van der Waals surface area contributed by atoms with Gasteiger partial charge in [0.1, 0.15) is 27.4 Å². The van der Waals surface area contributed by atoms with Gasteiger partial charge in [0.05, 0.1) is 19.0 Å². The molecule has 3 aliphatic rings. The fourth-order valence-corrected chi connectivity index (χ4v) is 10.3. The van der Waals surface area contributed by atoms with Gasteiger partial charge in [-0.2, -0.15) is 0 Å². The number of fused-ring (bicyclic) bond motifs is 1. The van der Waals surface area contributed by atoms with Crippen LogP contribution >= 0.6 is 11.3 Å². The maximum atomic E-state index is 13.7. The van der Waals surface area contributed by atoms with Gasteiger partial charge in [-0.15, -0.1) is 11.3 Å². The summed E-state index contributed by atoms with van der Waals surface area (Å²) in [6.07, 6.45) is 13.2. The molecule has 14 heteroatoms. The third-order valence-corrected chi connectivity index (χ3v) is 14.3. The standard InChI is InChI=1S/C44H53N5O7S2/c1-42(2,3)56-41(51)46-32-24-38(57-29-32)36-26-43(4,5)17-13-31(36)28-47-19-21-48(22-20-47)33-11-12-35(40(50)54-7)37(25-33)55-34-23-30-14-18-49(39(30)45-27-34)58(52,53)44(6)15-9-8-10-16-44/h8-12,14-15,18,23-25,27,29H,13,16-17,19-22,26,28H2,1-7H3,(H,46,51). The molecule has 58 heavy (non-hydrogen) atoms. The Hall–Kier alpha value is -4.92. The fraction of sp³-hybridized carbons (Fsp3) is 0.432. The third-order valence-electron chi connectivity index (χ3n) is 11.0. The molecule has 1 fully saturated rings. The largest absolute Gasteiger partial charge is 0.465 e. The minimum Gasteiger partial charge on any atom is -0.465 e. The van der Waals surface area contributed by atoms with Crippen LogP contribution < -0.4 is 15.0 Å². The number of methoxy groups -OCH3 is 1. The molecule has 1 saturated heterocycles. The lowest BCUT2D eigenvalue weighted by molar-refractivity contribution is 0.0595. The van der Waals surface area contributed by atoms with Crippen molar-refractivity contribution in [3.63, 3.8) is 0 Å². The number of ether oxygens (including phenoxy) is 3. The molecule has 7 rings (SSSR count). The Kier molecular flexibility index (Phi) is 11.4. The number of rotatable bonds is 10. The fourth-order valence-electron chi connectivity index (χ4n) is 7.73. The number of carbonyl (C=O) groups excluding carboxylic acids is 2. The summed E-state index contributed by atoms with van der Waals surface area (Å²) in [5, 5.41) is 5.47. The van der Waals surface area contributed by atoms with E-state index in [0.29, 0.717) is 29.0 Å². The van der Waals surface area contributed by atoms with Crippen LogP contribution in [0.5, 0.6) is 11.5 Å². The molecule has 1 unspecified atom stereocenters. The predicted molar refractivity (Wildman–Crippen MR) is 231 cm³/mol. The van der Waals surface area contributed by atoms with Crippen molar-refractivity contribution < 1.29 is 32.2 Å². The molecule has 308 valence electrons. The molecule has 0 saturated carbocycles. The number of anilines is 2. The second kappa shape index (κ2) is 16.0. The van der Waals surface area contributed by atoms with Gasteiger partial charge < -0.3 is 19.1 Å². The zero-order valence-electron chi connectivity index (χ0n) is 34.3. The first-order valence-corrected chi connectivity index (χ1v) is 22.0. The molecule has 1 atom stereocenters. The summed E-state index contributed by atoms with van der Waals surface area (Å²) >= 11 is 1.66. The summed E-state index contributed by atoms with van der Waals surface area (Å²) in [6, 6.07) is 11.0. The molecule has 3 aromatic heterocycles. The van der Waals surface area contributed by atoms with Crippen molar-refractivity contribution in [3.8, 4) is 11.5 Å². The number of nitrogens with zero attached hydrogens (tertiary/aromatic N) is 4. The quantitative estimate of drug-likeness (QED) is 0.154. The lowest BCUT2D eigenvalue weighted by Crippen LogP contribution is -2.47. The Morgan fingerprint density at radius 2 is 1.79 bits per heavy atom. The third kappa shape index (κ3) is 8.88. The predicted octanol–water partition coefficient (Wildman–Crippen LogP) is 9.26. The highest BCUT2D eigenvalue weighted by molar-refractivity contribution is 7.91. The van der Waals surface area contributed by atoms with Crippen molar-refractivity contribution in [1.29, 1.82) is 0 Å². The van der Waals surface area contributed by atoms with E-state index < -0.39 is 32.4 Å². The molecule has 1 aliphatic heterocycles. The van der Waals surface area contributed by atoms with E-state index in [1.54, 1.807) is 48.6 Å². The zero-order chi connectivity index (χ0) is 41.5. The lowest BCUT2D eigenvalue weighted by atomic mass is 9.74. The average Bonchev–Trinajstić information content (AvgIpc) is 3.82. The monoisotopic (exact) mass is 827 g/mol. The van der Waals surface area contributed by atoms with E-state index in [4.69, 9.17) is 14.2 Å². The van der Waals surface area contributed by atoms with Gasteiger partial charge >= 0.3 is 12.1 Å². The molecular formula is C44H53N5O7S2. The molecule has 0 bridgehead atoms. The highest BCUT2D eigenvalue weighted by Gasteiger charge is 2.39. The van der Waals surface area contributed by atoms with Gasteiger partial charge in [0.15, 0.2) is 5.65 Å². The molecule has 1 amide bonds. The van der Waals surface area contributed by atoms with Gasteiger partial charge in [-0.05, 0) is 94.7 Å². The van der Waals surface area contributed by atoms with Crippen LogP contribution in [0.1, 0.15) is 82.5 Å². The van der Waals surface area contributed by atoms with Crippen molar-refractivity contribution in [3.05, 3.63) is 94.5 Å². The van der Waals surface area contributed by atoms with Crippen molar-refractivity contribution >= 4 is 61.4 Å². The zero-order valence-corrected chi connectivity index (χ0v) is 36.0. The Morgan fingerprint density at radius 1 is 1.02 bits per heavy atom. The number of nitrogens with one attached hydrogen (secondary N) is 1. The number of hydrogen-bond donors (Lipinski definition) is 1. The summed E-state index contributed by atoms with van der Waals surface area (Å²) in [5.74, 6) is 0.154. The number of hydrogen-bond acceptors (Lipinski definition) is 11. The highest BCUT2D eigenvalue weighted by atomic mass is 32.2. The number of carbonyl (C=O) groups is 2. The second-order valence-electron chi connectivity index (χ2n) is 17.3. The summed E-state index contributed by atoms with van der Waals surface area (Å²) < 4.78 is 44.4. The Balaban J connectivity index is 1.05. The first-order valence-electron chi connectivity index (χ1n) is 19.7. The minimum absolute atomic E-state index is 0.187. The maximum absolute atomic E-state index is 13.7. The summed E-state index contributed by atoms with van der Waals surface area (Å²) in [6.45, 7) is 16.1. The van der Waals surface area contributed by atoms with Crippen molar-refractivity contribution in [2.24, 2.45) is 5.41 Å². The van der Waals surface area contributed by atoms with E-state index in [-0.39, 0.29) is 11.0 Å². The van der Waals surface area contributed by atoms with Gasteiger partial charge in [-0.3, -0.25) is 10.2 Å². The Labute approximate surface area is 345 Å². The number of allylic oxidation sites excluding steroid dienone is 4. The maximum Gasteiger partial charge on any atom is 0.412 e. The number of piperazine rings is 1. The van der Waals surface area contributed by atoms with Crippen LogP contribution in [-0.4, -0.2) is 84.5 Å². The smallest absolute Gasteiger partial charge is 0.412 e. The van der Waals surface area contributed by atoms with Gasteiger partial charge in [-0.25, -0.2) is 27.0 Å². The molecule has 4 heterocycles. The van der Waals surface area contributed by atoms with Gasteiger partial charge in [0, 0.05) is 66.3 Å². The van der Waals surface area contributed by atoms with E-state index in [9.17, 15) is 18.0 Å². The van der Waals surface area contributed by atoms with E-state index in [2.05, 4.69) is 40.0 Å². The first kappa shape index (κ1) is 41.2. The highest BCUT2D eigenvalue weighted by Crippen LogP contribution is 2.45. The number of benzene rings is 1. The first-order chi connectivity index (χ1) is 27.4. The molecule has 0 spiro atoms. The molecule has 1 N–H and O–H groups in total. The van der Waals surface area contributed by atoms with Crippen LogP contribution in [0, 0.1) is 5.41 Å². The van der Waals surface area contributed by atoms with Crippen LogP contribution in [0.4, 0.5) is 16.2 Å². The number of amides is 1. The summed E-state index contributed by atoms with van der Waals surface area (Å²) in [5.41, 5.74) is 4.68. The van der Waals surface area contributed by atoms with Crippen molar-refractivity contribution in [2.75, 3.05) is 50.1 Å². The molecule has 12 nitrogen and oxygen atoms in total. The number of esters is 1. The molecule has 2 aliphatic carbocycles. The van der Waals surface area contributed by atoms with Crippen LogP contribution in [0.2, 0.25) is 0 Å². The van der Waals surface area contributed by atoms with Crippen LogP contribution in [0.3, 0.4) is 0 Å². The van der Waals surface area contributed by atoms with Crippen LogP contribution in [0.25, 0.3) is 16.6 Å². The van der Waals surface area contributed by atoms with Crippen LogP contribution in [-0.2, 0) is 19.5 Å². The van der Waals surface area contributed by atoms with Crippen molar-refractivity contribution in [2.45, 2.75) is 77.6 Å². The molecular weight excluding hydrogens is 775 g/mol. The van der Waals surface area contributed by atoms with E-state index in [1.807, 2.05) is 50.4 Å². The van der Waals surface area contributed by atoms with Crippen LogP contribution in [0.15, 0.2) is 84.0 Å².